The fourth-order valence-corrected chi connectivity index (χ4v) is 2.18. The molecule has 0 saturated carbocycles. The number of aliphatic hydroxyl groups is 1. The standard InChI is InChI=1S/C13H22F3NO3/c1-9-5-7-17(10(18)20-11(2,3)4)8-6-12(9,19)13(14,15)16/h9,19H,5-8H2,1-4H3/t9-,12-/m1/s1. The number of carbonyl (C=O) groups excluding carboxylic acids is 1. The summed E-state index contributed by atoms with van der Waals surface area (Å²) in [7, 11) is 0. The zero-order valence-electron chi connectivity index (χ0n) is 12.3. The van der Waals surface area contributed by atoms with Gasteiger partial charge in [0.15, 0.2) is 5.60 Å². The second-order valence-electron chi connectivity index (χ2n) is 6.33. The summed E-state index contributed by atoms with van der Waals surface area (Å²) >= 11 is 0. The molecule has 0 aromatic rings. The monoisotopic (exact) mass is 297 g/mol. The molecule has 0 bridgehead atoms. The lowest BCUT2D eigenvalue weighted by Gasteiger charge is -2.34. The van der Waals surface area contributed by atoms with E-state index >= 15 is 0 Å². The Balaban J connectivity index is 2.79. The van der Waals surface area contributed by atoms with E-state index in [2.05, 4.69) is 0 Å². The van der Waals surface area contributed by atoms with Gasteiger partial charge in [-0.25, -0.2) is 4.79 Å². The second kappa shape index (κ2) is 5.42. The maximum absolute atomic E-state index is 13.0. The minimum absolute atomic E-state index is 0.0786. The summed E-state index contributed by atoms with van der Waals surface area (Å²) in [5.74, 6) is -0.963. The molecule has 1 saturated heterocycles. The van der Waals surface area contributed by atoms with Crippen LogP contribution in [0.25, 0.3) is 0 Å². The van der Waals surface area contributed by atoms with Crippen LogP contribution >= 0.6 is 0 Å². The average molecular weight is 297 g/mol. The Labute approximate surface area is 116 Å². The number of likely N-dealkylation sites (tertiary alicyclic amines) is 1. The Morgan fingerprint density at radius 3 is 2.30 bits per heavy atom. The van der Waals surface area contributed by atoms with Crippen LogP contribution < -0.4 is 0 Å². The maximum Gasteiger partial charge on any atom is 0.417 e. The Morgan fingerprint density at radius 1 is 1.30 bits per heavy atom. The molecule has 20 heavy (non-hydrogen) atoms. The SMILES string of the molecule is C[C@@H]1CCN(C(=O)OC(C)(C)C)CC[C@]1(O)C(F)(F)F. The van der Waals surface area contributed by atoms with Crippen LogP contribution in [0, 0.1) is 5.92 Å². The number of rotatable bonds is 0. The molecule has 0 aromatic carbocycles. The highest BCUT2D eigenvalue weighted by atomic mass is 19.4. The molecule has 0 unspecified atom stereocenters. The van der Waals surface area contributed by atoms with E-state index < -0.39 is 35.8 Å². The molecule has 1 rings (SSSR count). The van der Waals surface area contributed by atoms with Gasteiger partial charge in [0.1, 0.15) is 5.60 Å². The summed E-state index contributed by atoms with van der Waals surface area (Å²) in [6, 6.07) is 0. The van der Waals surface area contributed by atoms with Crippen LogP contribution in [0.2, 0.25) is 0 Å². The van der Waals surface area contributed by atoms with Gasteiger partial charge in [-0.2, -0.15) is 13.2 Å². The Kier molecular flexibility index (Phi) is 4.63. The van der Waals surface area contributed by atoms with Crippen LogP contribution in [0.3, 0.4) is 0 Å². The van der Waals surface area contributed by atoms with Crippen molar-refractivity contribution >= 4 is 6.09 Å². The van der Waals surface area contributed by atoms with Gasteiger partial charge in [-0.05, 0) is 33.1 Å². The molecule has 0 aliphatic carbocycles. The smallest absolute Gasteiger partial charge is 0.417 e. The van der Waals surface area contributed by atoms with Crippen LogP contribution in [-0.2, 0) is 4.74 Å². The van der Waals surface area contributed by atoms with E-state index in [1.807, 2.05) is 0 Å². The van der Waals surface area contributed by atoms with E-state index in [9.17, 15) is 23.1 Å². The van der Waals surface area contributed by atoms with Crippen molar-refractivity contribution in [3.05, 3.63) is 0 Å². The van der Waals surface area contributed by atoms with Crippen molar-refractivity contribution in [3.63, 3.8) is 0 Å². The van der Waals surface area contributed by atoms with E-state index in [-0.39, 0.29) is 19.5 Å². The number of amides is 1. The number of nitrogens with zero attached hydrogens (tertiary/aromatic N) is 1. The highest BCUT2D eigenvalue weighted by Crippen LogP contribution is 2.41. The summed E-state index contributed by atoms with van der Waals surface area (Å²) < 4.78 is 44.1. The van der Waals surface area contributed by atoms with Crippen LogP contribution in [0.5, 0.6) is 0 Å². The molecular formula is C13H22F3NO3. The van der Waals surface area contributed by atoms with Gasteiger partial charge >= 0.3 is 12.3 Å². The summed E-state index contributed by atoms with van der Waals surface area (Å²) in [5.41, 5.74) is -3.45. The van der Waals surface area contributed by atoms with Crippen molar-refractivity contribution < 1.29 is 27.8 Å². The minimum atomic E-state index is -4.70. The first-order valence-corrected chi connectivity index (χ1v) is 6.64. The predicted octanol–water partition coefficient (Wildman–Crippen LogP) is 2.95. The Hall–Kier alpha value is -0.980. The van der Waals surface area contributed by atoms with Crippen LogP contribution in [-0.4, -0.2) is 46.6 Å². The molecule has 0 aromatic heterocycles. The molecular weight excluding hydrogens is 275 g/mol. The molecule has 1 amide bonds. The lowest BCUT2D eigenvalue weighted by Crippen LogP contribution is -2.50. The van der Waals surface area contributed by atoms with Crippen LogP contribution in [0.4, 0.5) is 18.0 Å². The maximum atomic E-state index is 13.0. The zero-order chi connectivity index (χ0) is 15.8. The summed E-state index contributed by atoms with van der Waals surface area (Å²) in [6.45, 7) is 6.40. The first-order valence-electron chi connectivity index (χ1n) is 6.64. The quantitative estimate of drug-likeness (QED) is 0.748. The molecule has 1 heterocycles. The van der Waals surface area contributed by atoms with E-state index in [0.29, 0.717) is 0 Å². The number of alkyl halides is 3. The number of ether oxygens (including phenoxy) is 1. The third-order valence-corrected chi connectivity index (χ3v) is 3.55. The molecule has 4 nitrogen and oxygen atoms in total. The predicted molar refractivity (Wildman–Crippen MR) is 67.2 cm³/mol. The lowest BCUT2D eigenvalue weighted by molar-refractivity contribution is -0.278. The fraction of sp³-hybridized carbons (Fsp3) is 0.923. The number of hydrogen-bond acceptors (Lipinski definition) is 3. The van der Waals surface area contributed by atoms with Crippen molar-refractivity contribution in [2.24, 2.45) is 5.92 Å². The first-order chi connectivity index (χ1) is 8.87. The minimum Gasteiger partial charge on any atom is -0.444 e. The molecule has 1 N–H and O–H groups in total. The van der Waals surface area contributed by atoms with Crippen LogP contribution in [0.1, 0.15) is 40.5 Å². The fourth-order valence-electron chi connectivity index (χ4n) is 2.18. The topological polar surface area (TPSA) is 49.8 Å². The average Bonchev–Trinajstić information content (AvgIpc) is 2.37. The molecule has 0 spiro atoms. The second-order valence-corrected chi connectivity index (χ2v) is 6.33. The zero-order valence-corrected chi connectivity index (χ0v) is 12.3. The normalized spacial score (nSPS) is 29.0. The molecule has 118 valence electrons. The summed E-state index contributed by atoms with van der Waals surface area (Å²) in [4.78, 5) is 13.1. The van der Waals surface area contributed by atoms with Crippen LogP contribution in [0.15, 0.2) is 0 Å². The number of carbonyl (C=O) groups is 1. The molecule has 1 aliphatic heterocycles. The molecule has 0 radical (unpaired) electrons. The Bertz CT molecular complexity index is 365. The van der Waals surface area contributed by atoms with E-state index in [1.165, 1.54) is 11.8 Å². The Morgan fingerprint density at radius 2 is 1.85 bits per heavy atom. The summed E-state index contributed by atoms with van der Waals surface area (Å²) in [5, 5.41) is 9.88. The summed E-state index contributed by atoms with van der Waals surface area (Å²) in [6.07, 6.45) is -5.79. The highest BCUT2D eigenvalue weighted by molar-refractivity contribution is 5.68. The molecule has 7 heteroatoms. The van der Waals surface area contributed by atoms with Gasteiger partial charge in [0.25, 0.3) is 0 Å². The highest BCUT2D eigenvalue weighted by Gasteiger charge is 2.57. The van der Waals surface area contributed by atoms with Gasteiger partial charge in [-0.3, -0.25) is 0 Å². The van der Waals surface area contributed by atoms with E-state index in [0.717, 1.165) is 0 Å². The van der Waals surface area contributed by atoms with Gasteiger partial charge in [0.2, 0.25) is 0 Å². The van der Waals surface area contributed by atoms with E-state index in [1.54, 1.807) is 20.8 Å². The third kappa shape index (κ3) is 3.77. The van der Waals surface area contributed by atoms with Gasteiger partial charge in [-0.15, -0.1) is 0 Å². The number of halogens is 3. The van der Waals surface area contributed by atoms with Crippen molar-refractivity contribution in [3.8, 4) is 0 Å². The lowest BCUT2D eigenvalue weighted by atomic mass is 9.84. The van der Waals surface area contributed by atoms with Gasteiger partial charge in [-0.1, -0.05) is 6.92 Å². The van der Waals surface area contributed by atoms with Crippen molar-refractivity contribution in [1.82, 2.24) is 4.90 Å². The van der Waals surface area contributed by atoms with Crippen molar-refractivity contribution in [1.29, 1.82) is 0 Å². The first kappa shape index (κ1) is 17.1. The van der Waals surface area contributed by atoms with Crippen molar-refractivity contribution in [2.45, 2.75) is 57.9 Å². The van der Waals surface area contributed by atoms with Crippen molar-refractivity contribution in [2.75, 3.05) is 13.1 Å². The third-order valence-electron chi connectivity index (χ3n) is 3.55. The van der Waals surface area contributed by atoms with Gasteiger partial charge in [0, 0.05) is 19.5 Å². The molecule has 2 atom stereocenters. The van der Waals surface area contributed by atoms with Gasteiger partial charge in [0.05, 0.1) is 0 Å². The van der Waals surface area contributed by atoms with Gasteiger partial charge < -0.3 is 14.7 Å². The molecule has 1 aliphatic rings. The molecule has 1 fully saturated rings. The number of hydrogen-bond donors (Lipinski definition) is 1. The largest absolute Gasteiger partial charge is 0.444 e. The van der Waals surface area contributed by atoms with E-state index in [4.69, 9.17) is 4.74 Å².